The van der Waals surface area contributed by atoms with E-state index in [4.69, 9.17) is 9.84 Å². The highest BCUT2D eigenvalue weighted by Crippen LogP contribution is 2.34. The summed E-state index contributed by atoms with van der Waals surface area (Å²) in [4.78, 5) is 27.6. The summed E-state index contributed by atoms with van der Waals surface area (Å²) in [6.07, 6.45) is -1.45. The molecule has 1 aliphatic rings. The number of amides is 2. The molecule has 3 rings (SSSR count). The number of nitrogens with zero attached hydrogens (tertiary/aromatic N) is 1. The van der Waals surface area contributed by atoms with Crippen molar-refractivity contribution in [3.63, 3.8) is 0 Å². The fourth-order valence-corrected chi connectivity index (χ4v) is 3.47. The Morgan fingerprint density at radius 1 is 1.27 bits per heavy atom. The van der Waals surface area contributed by atoms with Crippen molar-refractivity contribution >= 4 is 34.5 Å². The molecule has 1 fully saturated rings. The summed E-state index contributed by atoms with van der Waals surface area (Å²) < 4.78 is 5.55. The van der Waals surface area contributed by atoms with Gasteiger partial charge in [-0.2, -0.15) is 0 Å². The van der Waals surface area contributed by atoms with E-state index in [9.17, 15) is 14.7 Å². The maximum atomic E-state index is 12.3. The Kier molecular flexibility index (Phi) is 5.62. The maximum Gasteiger partial charge on any atom is 0.275 e. The molecule has 8 nitrogen and oxygen atoms in total. The molecule has 1 aromatic carbocycles. The number of nitrogens with one attached hydrogen (secondary N) is 2. The summed E-state index contributed by atoms with van der Waals surface area (Å²) in [6.45, 7) is 1.16. The first kappa shape index (κ1) is 18.5. The van der Waals surface area contributed by atoms with Crippen LogP contribution >= 0.6 is 11.3 Å². The standard InChI is InChI=1S/C17H19N3O5S/c1-9(22)18-10-2-4-11(5-3-10)19-16(24)12-8-26-17(20-12)14-6-13(23)15(7-21)25-14/h2-5,8,13-15,21,23H,6-7H2,1H3,(H,18,22)(H,19,24)/t13-,14-,15+/m0/s1. The summed E-state index contributed by atoms with van der Waals surface area (Å²) in [5.74, 6) is -0.531. The quantitative estimate of drug-likeness (QED) is 0.627. The molecule has 4 N–H and O–H groups in total. The molecule has 2 aromatic rings. The molecular weight excluding hydrogens is 358 g/mol. The second-order valence-electron chi connectivity index (χ2n) is 5.93. The molecule has 0 spiro atoms. The Balaban J connectivity index is 1.62. The molecule has 2 heterocycles. The topological polar surface area (TPSA) is 121 Å². The Morgan fingerprint density at radius 3 is 2.50 bits per heavy atom. The van der Waals surface area contributed by atoms with Crippen LogP contribution in [0.15, 0.2) is 29.6 Å². The zero-order chi connectivity index (χ0) is 18.7. The van der Waals surface area contributed by atoms with Crippen LogP contribution in [0.5, 0.6) is 0 Å². The predicted molar refractivity (Wildman–Crippen MR) is 96.1 cm³/mol. The van der Waals surface area contributed by atoms with Gasteiger partial charge in [0.15, 0.2) is 0 Å². The lowest BCUT2D eigenvalue weighted by molar-refractivity contribution is -0.114. The zero-order valence-electron chi connectivity index (χ0n) is 14.0. The molecule has 2 amide bonds. The van der Waals surface area contributed by atoms with Crippen molar-refractivity contribution in [1.29, 1.82) is 0 Å². The van der Waals surface area contributed by atoms with Gasteiger partial charge in [0.25, 0.3) is 5.91 Å². The number of hydrogen-bond acceptors (Lipinski definition) is 7. The molecule has 0 bridgehead atoms. The second kappa shape index (κ2) is 7.92. The zero-order valence-corrected chi connectivity index (χ0v) is 14.8. The van der Waals surface area contributed by atoms with E-state index in [1.54, 1.807) is 29.6 Å². The van der Waals surface area contributed by atoms with E-state index in [1.165, 1.54) is 18.3 Å². The molecule has 0 radical (unpaired) electrons. The largest absolute Gasteiger partial charge is 0.394 e. The lowest BCUT2D eigenvalue weighted by Gasteiger charge is -2.10. The molecule has 138 valence electrons. The van der Waals surface area contributed by atoms with E-state index in [0.717, 1.165) is 0 Å². The van der Waals surface area contributed by atoms with E-state index in [2.05, 4.69) is 15.6 Å². The SMILES string of the molecule is CC(=O)Nc1ccc(NC(=O)c2csc([C@@H]3C[C@H](O)[C@@H](CO)O3)n2)cc1. The number of aliphatic hydroxyl groups is 2. The Labute approximate surface area is 153 Å². The molecule has 1 saturated heterocycles. The molecule has 9 heteroatoms. The van der Waals surface area contributed by atoms with E-state index in [-0.39, 0.29) is 24.1 Å². The van der Waals surface area contributed by atoms with Crippen molar-refractivity contribution in [2.45, 2.75) is 31.7 Å². The number of benzene rings is 1. The summed E-state index contributed by atoms with van der Waals surface area (Å²) in [5, 5.41) is 26.5. The summed E-state index contributed by atoms with van der Waals surface area (Å²) >= 11 is 1.27. The van der Waals surface area contributed by atoms with Crippen molar-refractivity contribution in [1.82, 2.24) is 4.98 Å². The van der Waals surface area contributed by atoms with Gasteiger partial charge in [0, 0.05) is 30.1 Å². The van der Waals surface area contributed by atoms with Crippen molar-refractivity contribution in [3.8, 4) is 0 Å². The fraction of sp³-hybridized carbons (Fsp3) is 0.353. The van der Waals surface area contributed by atoms with Crippen LogP contribution in [-0.2, 0) is 9.53 Å². The van der Waals surface area contributed by atoms with Crippen LogP contribution in [0.1, 0.15) is 34.9 Å². The first-order chi connectivity index (χ1) is 12.5. The first-order valence-corrected chi connectivity index (χ1v) is 8.93. The van der Waals surface area contributed by atoms with Crippen LogP contribution in [0.2, 0.25) is 0 Å². The maximum absolute atomic E-state index is 12.3. The number of aromatic nitrogens is 1. The third-order valence-electron chi connectivity index (χ3n) is 3.90. The van der Waals surface area contributed by atoms with Crippen LogP contribution < -0.4 is 10.6 Å². The van der Waals surface area contributed by atoms with Gasteiger partial charge in [0.1, 0.15) is 22.9 Å². The van der Waals surface area contributed by atoms with Gasteiger partial charge in [-0.1, -0.05) is 0 Å². The van der Waals surface area contributed by atoms with Crippen molar-refractivity contribution in [3.05, 3.63) is 40.3 Å². The molecule has 3 atom stereocenters. The summed E-state index contributed by atoms with van der Waals surface area (Å²) in [7, 11) is 0. The average Bonchev–Trinajstić information content (AvgIpc) is 3.22. The van der Waals surface area contributed by atoms with Crippen LogP contribution in [0.3, 0.4) is 0 Å². The third-order valence-corrected chi connectivity index (χ3v) is 4.83. The minimum atomic E-state index is -0.742. The van der Waals surface area contributed by atoms with Crippen LogP contribution in [-0.4, -0.2) is 45.8 Å². The van der Waals surface area contributed by atoms with Gasteiger partial charge in [0.2, 0.25) is 5.91 Å². The van der Waals surface area contributed by atoms with Gasteiger partial charge in [-0.25, -0.2) is 4.98 Å². The van der Waals surface area contributed by atoms with Crippen LogP contribution in [0.25, 0.3) is 0 Å². The van der Waals surface area contributed by atoms with Gasteiger partial charge in [-0.15, -0.1) is 11.3 Å². The van der Waals surface area contributed by atoms with E-state index in [1.807, 2.05) is 0 Å². The van der Waals surface area contributed by atoms with E-state index < -0.39 is 18.3 Å². The average molecular weight is 377 g/mol. The smallest absolute Gasteiger partial charge is 0.275 e. The van der Waals surface area contributed by atoms with Crippen molar-refractivity contribution in [2.24, 2.45) is 0 Å². The molecule has 0 unspecified atom stereocenters. The summed E-state index contributed by atoms with van der Waals surface area (Å²) in [5.41, 5.74) is 1.47. The van der Waals surface area contributed by atoms with E-state index in [0.29, 0.717) is 22.8 Å². The Morgan fingerprint density at radius 2 is 1.92 bits per heavy atom. The number of thiazole rings is 1. The highest BCUT2D eigenvalue weighted by molar-refractivity contribution is 7.09. The van der Waals surface area contributed by atoms with Crippen LogP contribution in [0, 0.1) is 0 Å². The minimum Gasteiger partial charge on any atom is -0.394 e. The highest BCUT2D eigenvalue weighted by atomic mass is 32.1. The first-order valence-electron chi connectivity index (χ1n) is 8.05. The lowest BCUT2D eigenvalue weighted by atomic mass is 10.1. The van der Waals surface area contributed by atoms with Gasteiger partial charge in [-0.05, 0) is 24.3 Å². The summed E-state index contributed by atoms with van der Waals surface area (Å²) in [6, 6.07) is 6.73. The van der Waals surface area contributed by atoms with Crippen LogP contribution in [0.4, 0.5) is 11.4 Å². The number of carbonyl (C=O) groups is 2. The normalized spacial score (nSPS) is 22.2. The molecule has 0 saturated carbocycles. The van der Waals surface area contributed by atoms with Gasteiger partial charge in [0.05, 0.1) is 12.7 Å². The Hall–Kier alpha value is -2.33. The molecular formula is C17H19N3O5S. The number of anilines is 2. The molecule has 0 aliphatic carbocycles. The predicted octanol–water partition coefficient (Wildman–Crippen LogP) is 1.54. The second-order valence-corrected chi connectivity index (χ2v) is 6.82. The van der Waals surface area contributed by atoms with E-state index >= 15 is 0 Å². The number of ether oxygens (including phenoxy) is 1. The third kappa shape index (κ3) is 4.25. The minimum absolute atomic E-state index is 0.167. The monoisotopic (exact) mass is 377 g/mol. The highest BCUT2D eigenvalue weighted by Gasteiger charge is 2.36. The fourth-order valence-electron chi connectivity index (χ4n) is 2.63. The molecule has 1 aliphatic heterocycles. The number of carbonyl (C=O) groups excluding carboxylic acids is 2. The molecule has 26 heavy (non-hydrogen) atoms. The van der Waals surface area contributed by atoms with Crippen molar-refractivity contribution in [2.75, 3.05) is 17.2 Å². The van der Waals surface area contributed by atoms with Gasteiger partial charge < -0.3 is 25.6 Å². The number of rotatable bonds is 5. The lowest BCUT2D eigenvalue weighted by Crippen LogP contribution is -2.24. The van der Waals surface area contributed by atoms with Gasteiger partial charge >= 0.3 is 0 Å². The van der Waals surface area contributed by atoms with Crippen molar-refractivity contribution < 1.29 is 24.5 Å². The number of aliphatic hydroxyl groups excluding tert-OH is 2. The van der Waals surface area contributed by atoms with Gasteiger partial charge in [-0.3, -0.25) is 9.59 Å². The molecule has 1 aromatic heterocycles. The number of hydrogen-bond donors (Lipinski definition) is 4. The Bertz CT molecular complexity index is 792.